The van der Waals surface area contributed by atoms with Crippen LogP contribution < -0.4 is 9.64 Å². The third-order valence-electron chi connectivity index (χ3n) is 4.01. The van der Waals surface area contributed by atoms with Gasteiger partial charge >= 0.3 is 6.09 Å². The quantitative estimate of drug-likeness (QED) is 0.601. The minimum absolute atomic E-state index is 0.317. The maximum absolute atomic E-state index is 12.9. The van der Waals surface area contributed by atoms with Crippen molar-refractivity contribution < 1.29 is 9.53 Å². The summed E-state index contributed by atoms with van der Waals surface area (Å²) in [6.45, 7) is 6.78. The number of halogens is 2. The highest BCUT2D eigenvalue weighted by Crippen LogP contribution is 2.31. The predicted octanol–water partition coefficient (Wildman–Crippen LogP) is 6.11. The molecule has 0 spiro atoms. The standard InChI is InChI=1S/C19H18Cl2N2O2S/c1-11-4-5-14(8-12(11)2)23(18-22-10-13(3)26-18)19(24)25-15-6-7-16(20)17(21)9-15/h4-9,13H,10H2,1-3H3. The fourth-order valence-corrected chi connectivity index (χ4v) is 3.66. The summed E-state index contributed by atoms with van der Waals surface area (Å²) < 4.78 is 5.53. The van der Waals surface area contributed by atoms with Gasteiger partial charge < -0.3 is 4.74 Å². The Morgan fingerprint density at radius 1 is 1.15 bits per heavy atom. The SMILES string of the molecule is Cc1ccc(N(C(=O)Oc2ccc(Cl)c(Cl)c2)C2=NCC(C)S2)cc1C. The van der Waals surface area contributed by atoms with Gasteiger partial charge in [-0.15, -0.1) is 0 Å². The van der Waals surface area contributed by atoms with Crippen LogP contribution >= 0.6 is 35.0 Å². The first-order valence-electron chi connectivity index (χ1n) is 8.10. The first-order valence-corrected chi connectivity index (χ1v) is 9.74. The van der Waals surface area contributed by atoms with Gasteiger partial charge in [0.25, 0.3) is 0 Å². The molecule has 1 aliphatic heterocycles. The monoisotopic (exact) mass is 408 g/mol. The van der Waals surface area contributed by atoms with Crippen molar-refractivity contribution in [1.82, 2.24) is 0 Å². The third kappa shape index (κ3) is 4.17. The summed E-state index contributed by atoms with van der Waals surface area (Å²) in [7, 11) is 0. The summed E-state index contributed by atoms with van der Waals surface area (Å²) in [5.74, 6) is 0.329. The Kier molecular flexibility index (Phi) is 5.80. The number of thioether (sulfide) groups is 1. The van der Waals surface area contributed by atoms with Gasteiger partial charge in [0, 0.05) is 11.3 Å². The van der Waals surface area contributed by atoms with E-state index in [0.717, 1.165) is 16.8 Å². The third-order valence-corrected chi connectivity index (χ3v) is 5.82. The minimum atomic E-state index is -0.535. The number of nitrogens with zero attached hydrogens (tertiary/aromatic N) is 2. The number of hydrogen-bond acceptors (Lipinski definition) is 4. The zero-order chi connectivity index (χ0) is 18.8. The predicted molar refractivity (Wildman–Crippen MR) is 110 cm³/mol. The van der Waals surface area contributed by atoms with Crippen molar-refractivity contribution in [1.29, 1.82) is 0 Å². The summed E-state index contributed by atoms with van der Waals surface area (Å²) in [5.41, 5.74) is 2.96. The molecule has 1 amide bonds. The van der Waals surface area contributed by atoms with E-state index in [9.17, 15) is 4.79 Å². The molecule has 1 heterocycles. The summed E-state index contributed by atoms with van der Waals surface area (Å²) in [6, 6.07) is 10.6. The number of amides is 1. The van der Waals surface area contributed by atoms with Crippen molar-refractivity contribution in [3.8, 4) is 5.75 Å². The van der Waals surface area contributed by atoms with E-state index in [2.05, 4.69) is 11.9 Å². The molecule has 4 nitrogen and oxygen atoms in total. The van der Waals surface area contributed by atoms with Gasteiger partial charge in [0.1, 0.15) is 5.75 Å². The Hall–Kier alpha value is -1.69. The molecular formula is C19H18Cl2N2O2S. The molecular weight excluding hydrogens is 391 g/mol. The molecule has 2 aromatic rings. The average molecular weight is 409 g/mol. The maximum Gasteiger partial charge on any atom is 0.426 e. The molecule has 0 aliphatic carbocycles. The zero-order valence-corrected chi connectivity index (χ0v) is 17.0. The molecule has 2 aromatic carbocycles. The molecule has 7 heteroatoms. The van der Waals surface area contributed by atoms with Crippen LogP contribution in [0.2, 0.25) is 10.0 Å². The highest BCUT2D eigenvalue weighted by atomic mass is 35.5. The lowest BCUT2D eigenvalue weighted by Gasteiger charge is -2.22. The zero-order valence-electron chi connectivity index (χ0n) is 14.6. The number of anilines is 1. The van der Waals surface area contributed by atoms with E-state index < -0.39 is 6.09 Å². The number of carbonyl (C=O) groups is 1. The van der Waals surface area contributed by atoms with Crippen molar-refractivity contribution in [2.24, 2.45) is 4.99 Å². The first kappa shape index (κ1) is 19.1. The van der Waals surface area contributed by atoms with Gasteiger partial charge in [-0.2, -0.15) is 0 Å². The van der Waals surface area contributed by atoms with E-state index in [4.69, 9.17) is 27.9 Å². The van der Waals surface area contributed by atoms with Crippen LogP contribution in [0.4, 0.5) is 10.5 Å². The van der Waals surface area contributed by atoms with Gasteiger partial charge in [-0.25, -0.2) is 9.69 Å². The van der Waals surface area contributed by atoms with E-state index in [1.165, 1.54) is 11.0 Å². The van der Waals surface area contributed by atoms with Crippen molar-refractivity contribution in [3.05, 3.63) is 57.6 Å². The largest absolute Gasteiger partial charge is 0.426 e. The van der Waals surface area contributed by atoms with Crippen LogP contribution in [-0.2, 0) is 0 Å². The Morgan fingerprint density at radius 3 is 2.54 bits per heavy atom. The number of aliphatic imine (C=N–C) groups is 1. The van der Waals surface area contributed by atoms with Crippen LogP contribution in [0.15, 0.2) is 41.4 Å². The minimum Gasteiger partial charge on any atom is -0.410 e. The Morgan fingerprint density at radius 2 is 1.92 bits per heavy atom. The number of aryl methyl sites for hydroxylation is 2. The van der Waals surface area contributed by atoms with Crippen LogP contribution in [0, 0.1) is 13.8 Å². The molecule has 0 aromatic heterocycles. The maximum atomic E-state index is 12.9. The Bertz CT molecular complexity index is 886. The lowest BCUT2D eigenvalue weighted by atomic mass is 10.1. The second kappa shape index (κ2) is 7.91. The van der Waals surface area contributed by atoms with Crippen molar-refractivity contribution in [2.75, 3.05) is 11.4 Å². The normalized spacial score (nSPS) is 16.3. The summed E-state index contributed by atoms with van der Waals surface area (Å²) >= 11 is 13.5. The van der Waals surface area contributed by atoms with Crippen molar-refractivity contribution >= 4 is 51.9 Å². The van der Waals surface area contributed by atoms with E-state index in [1.54, 1.807) is 23.9 Å². The van der Waals surface area contributed by atoms with Gasteiger partial charge in [0.05, 0.1) is 22.3 Å². The second-order valence-corrected chi connectivity index (χ2v) is 8.32. The number of hydrogen-bond donors (Lipinski definition) is 0. The van der Waals surface area contributed by atoms with Gasteiger partial charge in [-0.3, -0.25) is 4.99 Å². The molecule has 3 rings (SSSR count). The first-order chi connectivity index (χ1) is 12.3. The molecule has 0 N–H and O–H groups in total. The fourth-order valence-electron chi connectivity index (χ4n) is 2.43. The van der Waals surface area contributed by atoms with Crippen molar-refractivity contribution in [3.63, 3.8) is 0 Å². The van der Waals surface area contributed by atoms with E-state index in [0.29, 0.717) is 32.8 Å². The molecule has 0 saturated heterocycles. The highest BCUT2D eigenvalue weighted by molar-refractivity contribution is 8.15. The molecule has 136 valence electrons. The lowest BCUT2D eigenvalue weighted by molar-refractivity contribution is 0.211. The molecule has 1 aliphatic rings. The Balaban J connectivity index is 1.93. The van der Waals surface area contributed by atoms with Crippen LogP contribution in [0.5, 0.6) is 5.75 Å². The van der Waals surface area contributed by atoms with Crippen LogP contribution in [-0.4, -0.2) is 23.1 Å². The summed E-state index contributed by atoms with van der Waals surface area (Å²) in [5, 5.41) is 1.68. The van der Waals surface area contributed by atoms with Crippen LogP contribution in [0.3, 0.4) is 0 Å². The smallest absolute Gasteiger partial charge is 0.410 e. The number of rotatable bonds is 2. The van der Waals surface area contributed by atoms with E-state index in [1.807, 2.05) is 32.0 Å². The van der Waals surface area contributed by atoms with Crippen LogP contribution in [0.1, 0.15) is 18.1 Å². The van der Waals surface area contributed by atoms with Crippen molar-refractivity contribution in [2.45, 2.75) is 26.0 Å². The lowest BCUT2D eigenvalue weighted by Crippen LogP contribution is -2.37. The number of ether oxygens (including phenoxy) is 1. The molecule has 26 heavy (non-hydrogen) atoms. The summed E-state index contributed by atoms with van der Waals surface area (Å²) in [4.78, 5) is 18.9. The molecule has 0 saturated carbocycles. The van der Waals surface area contributed by atoms with Gasteiger partial charge in [-0.05, 0) is 49.2 Å². The average Bonchev–Trinajstić information content (AvgIpc) is 3.00. The van der Waals surface area contributed by atoms with Gasteiger partial charge in [0.15, 0.2) is 5.17 Å². The number of benzene rings is 2. The molecule has 1 unspecified atom stereocenters. The highest BCUT2D eigenvalue weighted by Gasteiger charge is 2.29. The molecule has 0 fully saturated rings. The topological polar surface area (TPSA) is 41.9 Å². The molecule has 0 radical (unpaired) electrons. The molecule has 1 atom stereocenters. The second-order valence-electron chi connectivity index (χ2n) is 6.10. The summed E-state index contributed by atoms with van der Waals surface area (Å²) in [6.07, 6.45) is -0.535. The number of amidine groups is 1. The fraction of sp³-hybridized carbons (Fsp3) is 0.263. The Labute approximate surface area is 167 Å². The van der Waals surface area contributed by atoms with E-state index in [-0.39, 0.29) is 0 Å². The molecule has 0 bridgehead atoms. The van der Waals surface area contributed by atoms with E-state index >= 15 is 0 Å². The van der Waals surface area contributed by atoms with Gasteiger partial charge in [-0.1, -0.05) is 48.0 Å². The van der Waals surface area contributed by atoms with Gasteiger partial charge in [0.2, 0.25) is 0 Å². The number of carbonyl (C=O) groups excluding carboxylic acids is 1. The van der Waals surface area contributed by atoms with Crippen LogP contribution in [0.25, 0.3) is 0 Å².